The molecule has 1 N–H and O–H groups in total. The van der Waals surface area contributed by atoms with E-state index >= 15 is 0 Å². The third-order valence-electron chi connectivity index (χ3n) is 2.49. The zero-order valence-electron chi connectivity index (χ0n) is 10.2. The molecule has 1 atom stereocenters. The lowest BCUT2D eigenvalue weighted by molar-refractivity contribution is 0.0939. The summed E-state index contributed by atoms with van der Waals surface area (Å²) in [5.74, 6) is -0.241. The van der Waals surface area contributed by atoms with Crippen LogP contribution in [0.4, 0.5) is 0 Å². The second kappa shape index (κ2) is 5.34. The minimum absolute atomic E-state index is 0.0508. The maximum absolute atomic E-state index is 11.9. The van der Waals surface area contributed by atoms with Gasteiger partial charge in [-0.15, -0.1) is 21.5 Å². The summed E-state index contributed by atoms with van der Waals surface area (Å²) < 4.78 is 0.273. The summed E-state index contributed by atoms with van der Waals surface area (Å²) >= 11 is 8.46. The first-order valence-corrected chi connectivity index (χ1v) is 7.35. The maximum Gasteiger partial charge on any atom is 0.282 e. The molecule has 2 aromatic rings. The first-order chi connectivity index (χ1) is 8.47. The molecular weight excluding hydrogens is 290 g/mol. The van der Waals surface area contributed by atoms with Crippen molar-refractivity contribution in [2.75, 3.05) is 0 Å². The molecular formula is C11H12ClN3OS2. The third kappa shape index (κ3) is 2.88. The molecule has 7 heteroatoms. The van der Waals surface area contributed by atoms with E-state index in [-0.39, 0.29) is 21.4 Å². The Bertz CT molecular complexity index is 579. The minimum atomic E-state index is -0.241. The Balaban J connectivity index is 2.10. The first-order valence-electron chi connectivity index (χ1n) is 5.34. The van der Waals surface area contributed by atoms with Gasteiger partial charge in [0, 0.05) is 9.75 Å². The third-order valence-corrected chi connectivity index (χ3v) is 4.49. The van der Waals surface area contributed by atoms with Gasteiger partial charge in [0.05, 0.1) is 6.04 Å². The number of halogens is 1. The summed E-state index contributed by atoms with van der Waals surface area (Å²) in [4.78, 5) is 14.4. The molecule has 0 radical (unpaired) electrons. The lowest BCUT2D eigenvalue weighted by atomic mass is 10.1. The highest BCUT2D eigenvalue weighted by Gasteiger charge is 2.17. The van der Waals surface area contributed by atoms with Crippen molar-refractivity contribution in [2.24, 2.45) is 0 Å². The zero-order chi connectivity index (χ0) is 13.3. The normalized spacial score (nSPS) is 12.4. The van der Waals surface area contributed by atoms with Crippen LogP contribution >= 0.6 is 34.3 Å². The largest absolute Gasteiger partial charge is 0.343 e. The number of carbonyl (C=O) groups is 1. The molecule has 0 aliphatic carbocycles. The zero-order valence-corrected chi connectivity index (χ0v) is 12.5. The molecule has 1 amide bonds. The predicted molar refractivity (Wildman–Crippen MR) is 74.6 cm³/mol. The summed E-state index contributed by atoms with van der Waals surface area (Å²) in [6.45, 7) is 6.06. The number of amides is 1. The molecule has 2 rings (SSSR count). The van der Waals surface area contributed by atoms with Crippen molar-refractivity contribution in [3.05, 3.63) is 30.9 Å². The summed E-state index contributed by atoms with van der Waals surface area (Å²) in [5, 5.41) is 10.5. The van der Waals surface area contributed by atoms with Crippen LogP contribution in [-0.2, 0) is 0 Å². The van der Waals surface area contributed by atoms with Crippen LogP contribution in [0.5, 0.6) is 0 Å². The van der Waals surface area contributed by atoms with Crippen molar-refractivity contribution in [2.45, 2.75) is 26.8 Å². The summed E-state index contributed by atoms with van der Waals surface area (Å²) in [6.07, 6.45) is 0. The van der Waals surface area contributed by atoms with Gasteiger partial charge in [-0.25, -0.2) is 0 Å². The van der Waals surface area contributed by atoms with Gasteiger partial charge < -0.3 is 5.32 Å². The topological polar surface area (TPSA) is 54.9 Å². The van der Waals surface area contributed by atoms with E-state index < -0.39 is 0 Å². The second-order valence-corrected chi connectivity index (χ2v) is 6.94. The molecule has 0 saturated heterocycles. The van der Waals surface area contributed by atoms with Gasteiger partial charge in [0.25, 0.3) is 5.91 Å². The molecule has 18 heavy (non-hydrogen) atoms. The SMILES string of the molecule is Cc1cc(C(C)NC(=O)c2nnc(Cl)s2)c(C)s1. The molecule has 0 aliphatic rings. The van der Waals surface area contributed by atoms with Crippen molar-refractivity contribution in [1.82, 2.24) is 15.5 Å². The van der Waals surface area contributed by atoms with E-state index in [1.807, 2.05) is 6.92 Å². The highest BCUT2D eigenvalue weighted by molar-refractivity contribution is 7.17. The van der Waals surface area contributed by atoms with Gasteiger partial charge in [-0.1, -0.05) is 11.3 Å². The summed E-state index contributed by atoms with van der Waals surface area (Å²) in [5.41, 5.74) is 1.14. The van der Waals surface area contributed by atoms with E-state index in [0.29, 0.717) is 0 Å². The molecule has 96 valence electrons. The van der Waals surface area contributed by atoms with Crippen molar-refractivity contribution >= 4 is 40.2 Å². The summed E-state index contributed by atoms with van der Waals surface area (Å²) in [6, 6.07) is 2.04. The number of hydrogen-bond donors (Lipinski definition) is 1. The number of thiophene rings is 1. The molecule has 2 heterocycles. The molecule has 2 aromatic heterocycles. The second-order valence-electron chi connectivity index (χ2n) is 3.92. The molecule has 0 aromatic carbocycles. The van der Waals surface area contributed by atoms with E-state index in [4.69, 9.17) is 11.6 Å². The quantitative estimate of drug-likeness (QED) is 0.945. The van der Waals surface area contributed by atoms with Crippen molar-refractivity contribution in [1.29, 1.82) is 0 Å². The first kappa shape index (κ1) is 13.5. The van der Waals surface area contributed by atoms with E-state index in [2.05, 4.69) is 35.4 Å². The van der Waals surface area contributed by atoms with Gasteiger partial charge in [-0.3, -0.25) is 4.79 Å². The molecule has 0 spiro atoms. The Morgan fingerprint density at radius 1 is 1.39 bits per heavy atom. The number of nitrogens with one attached hydrogen (secondary N) is 1. The minimum Gasteiger partial charge on any atom is -0.343 e. The van der Waals surface area contributed by atoms with E-state index in [1.54, 1.807) is 11.3 Å². The van der Waals surface area contributed by atoms with Gasteiger partial charge in [0.2, 0.25) is 9.47 Å². The smallest absolute Gasteiger partial charge is 0.282 e. The molecule has 0 aliphatic heterocycles. The van der Waals surface area contributed by atoms with Crippen molar-refractivity contribution in [3.63, 3.8) is 0 Å². The van der Waals surface area contributed by atoms with Crippen LogP contribution in [0.3, 0.4) is 0 Å². The molecule has 1 unspecified atom stereocenters. The van der Waals surface area contributed by atoms with Crippen molar-refractivity contribution < 1.29 is 4.79 Å². The van der Waals surface area contributed by atoms with Gasteiger partial charge in [-0.2, -0.15) is 0 Å². The van der Waals surface area contributed by atoms with Crippen molar-refractivity contribution in [3.8, 4) is 0 Å². The van der Waals surface area contributed by atoms with Gasteiger partial charge >= 0.3 is 0 Å². The van der Waals surface area contributed by atoms with Crippen LogP contribution in [0.2, 0.25) is 4.47 Å². The Hall–Kier alpha value is -0.980. The van der Waals surface area contributed by atoms with Crippen LogP contribution in [-0.4, -0.2) is 16.1 Å². The van der Waals surface area contributed by atoms with Gasteiger partial charge in [0.15, 0.2) is 0 Å². The molecule has 0 bridgehead atoms. The lowest BCUT2D eigenvalue weighted by Gasteiger charge is -2.12. The fraction of sp³-hybridized carbons (Fsp3) is 0.364. The number of nitrogens with zero attached hydrogens (tertiary/aromatic N) is 2. The highest BCUT2D eigenvalue weighted by atomic mass is 35.5. The number of carbonyl (C=O) groups excluding carboxylic acids is 1. The summed E-state index contributed by atoms with van der Waals surface area (Å²) in [7, 11) is 0. The lowest BCUT2D eigenvalue weighted by Crippen LogP contribution is -2.26. The standard InChI is InChI=1S/C11H12ClN3OS2/c1-5-4-8(7(3)17-5)6(2)13-9(16)10-14-15-11(12)18-10/h4,6H,1-3H3,(H,13,16). The Morgan fingerprint density at radius 2 is 2.11 bits per heavy atom. The molecule has 4 nitrogen and oxygen atoms in total. The predicted octanol–water partition coefficient (Wildman–Crippen LogP) is 3.36. The van der Waals surface area contributed by atoms with Gasteiger partial charge in [-0.05, 0) is 44.0 Å². The molecule has 0 fully saturated rings. The van der Waals surface area contributed by atoms with Gasteiger partial charge in [0.1, 0.15) is 0 Å². The Morgan fingerprint density at radius 3 is 2.61 bits per heavy atom. The highest BCUT2D eigenvalue weighted by Crippen LogP contribution is 2.26. The number of aryl methyl sites for hydroxylation is 2. The fourth-order valence-electron chi connectivity index (χ4n) is 1.71. The van der Waals surface area contributed by atoms with Crippen LogP contribution < -0.4 is 5.32 Å². The number of aromatic nitrogens is 2. The average molecular weight is 302 g/mol. The number of rotatable bonds is 3. The number of hydrogen-bond acceptors (Lipinski definition) is 5. The maximum atomic E-state index is 11.9. The van der Waals surface area contributed by atoms with E-state index in [9.17, 15) is 4.79 Å². The fourth-order valence-corrected chi connectivity index (χ4v) is 3.47. The van der Waals surface area contributed by atoms with Crippen LogP contribution in [0.15, 0.2) is 6.07 Å². The monoisotopic (exact) mass is 301 g/mol. The Kier molecular flexibility index (Phi) is 3.99. The Labute approximate surface area is 118 Å². The van der Waals surface area contributed by atoms with E-state index in [0.717, 1.165) is 16.9 Å². The van der Waals surface area contributed by atoms with E-state index in [1.165, 1.54) is 9.75 Å². The van der Waals surface area contributed by atoms with Crippen LogP contribution in [0.1, 0.15) is 38.1 Å². The van der Waals surface area contributed by atoms with Crippen LogP contribution in [0.25, 0.3) is 0 Å². The molecule has 0 saturated carbocycles. The van der Waals surface area contributed by atoms with Crippen LogP contribution in [0, 0.1) is 13.8 Å². The average Bonchev–Trinajstić information content (AvgIpc) is 2.84.